The predicted octanol–water partition coefficient (Wildman–Crippen LogP) is 1.72. The molecule has 0 fully saturated rings. The molecule has 0 aliphatic rings. The van der Waals surface area contributed by atoms with Gasteiger partial charge in [-0.15, -0.1) is 0 Å². The first-order chi connectivity index (χ1) is 5.23. The van der Waals surface area contributed by atoms with Crippen LogP contribution in [0.5, 0.6) is 0 Å². The highest BCUT2D eigenvalue weighted by molar-refractivity contribution is 7.53. The summed E-state index contributed by atoms with van der Waals surface area (Å²) in [5.74, 6) is 0. The zero-order valence-corrected chi connectivity index (χ0v) is 8.84. The maximum Gasteiger partial charge on any atom is 0.356 e. The molecule has 4 nitrogen and oxygen atoms in total. The summed E-state index contributed by atoms with van der Waals surface area (Å²) in [6.07, 6.45) is 0.123. The molecule has 0 aromatic rings. The second kappa shape index (κ2) is 3.88. The quantitative estimate of drug-likeness (QED) is 0.672. The van der Waals surface area contributed by atoms with E-state index < -0.39 is 12.9 Å². The van der Waals surface area contributed by atoms with Crippen LogP contribution in [0.15, 0.2) is 0 Å². The van der Waals surface area contributed by atoms with Crippen molar-refractivity contribution in [2.75, 3.05) is 0 Å². The maximum absolute atomic E-state index is 11.0. The molecule has 0 rings (SSSR count). The highest BCUT2D eigenvalue weighted by Gasteiger charge is 2.42. The summed E-state index contributed by atoms with van der Waals surface area (Å²) in [5.41, 5.74) is 0. The Bertz CT molecular complexity index is 186. The molecule has 0 radical (unpaired) electrons. The zero-order chi connectivity index (χ0) is 9.99. The van der Waals surface area contributed by atoms with Gasteiger partial charge in [-0.2, -0.15) is 0 Å². The van der Waals surface area contributed by atoms with Gasteiger partial charge in [-0.25, -0.2) is 0 Å². The van der Waals surface area contributed by atoms with Crippen LogP contribution in [-0.4, -0.2) is 21.2 Å². The van der Waals surface area contributed by atoms with Crippen molar-refractivity contribution in [2.45, 2.75) is 45.6 Å². The highest BCUT2D eigenvalue weighted by Crippen LogP contribution is 2.53. The van der Waals surface area contributed by atoms with Crippen molar-refractivity contribution in [3.63, 3.8) is 0 Å². The maximum atomic E-state index is 11.0. The van der Waals surface area contributed by atoms with Gasteiger partial charge >= 0.3 is 7.60 Å². The summed E-state index contributed by atoms with van der Waals surface area (Å²) < 4.78 is 16.2. The van der Waals surface area contributed by atoms with E-state index in [0.717, 1.165) is 0 Å². The molecule has 0 saturated heterocycles. The van der Waals surface area contributed by atoms with Crippen LogP contribution in [0.3, 0.4) is 0 Å². The van der Waals surface area contributed by atoms with E-state index in [9.17, 15) is 4.57 Å². The third-order valence-electron chi connectivity index (χ3n) is 1.76. The Morgan fingerprint density at radius 2 is 1.92 bits per heavy atom. The van der Waals surface area contributed by atoms with E-state index in [2.05, 4.69) is 0 Å². The van der Waals surface area contributed by atoms with Gasteiger partial charge in [0.15, 0.2) is 5.34 Å². The minimum Gasteiger partial charge on any atom is -0.360 e. The number of rotatable bonds is 4. The third kappa shape index (κ3) is 2.87. The largest absolute Gasteiger partial charge is 0.360 e. The monoisotopic (exact) mass is 196 g/mol. The zero-order valence-electron chi connectivity index (χ0n) is 7.94. The van der Waals surface area contributed by atoms with Gasteiger partial charge in [0.2, 0.25) is 0 Å². The number of hydrogen-bond donors (Lipinski definition) is 2. The Morgan fingerprint density at radius 1 is 1.50 bits per heavy atom. The fourth-order valence-corrected chi connectivity index (χ4v) is 1.63. The lowest BCUT2D eigenvalue weighted by Gasteiger charge is -2.31. The van der Waals surface area contributed by atoms with Gasteiger partial charge in [0.25, 0.3) is 0 Å². The topological polar surface area (TPSA) is 66.8 Å². The van der Waals surface area contributed by atoms with E-state index in [-0.39, 0.29) is 6.10 Å². The SMILES string of the molecule is CCC(C)(OC(C)C)P(=O)(O)O. The Balaban J connectivity index is 4.58. The molecule has 0 spiro atoms. The first-order valence-electron chi connectivity index (χ1n) is 3.96. The van der Waals surface area contributed by atoms with Crippen LogP contribution < -0.4 is 0 Å². The number of ether oxygens (including phenoxy) is 1. The average molecular weight is 196 g/mol. The third-order valence-corrected chi connectivity index (χ3v) is 3.42. The van der Waals surface area contributed by atoms with Crippen LogP contribution in [-0.2, 0) is 9.30 Å². The lowest BCUT2D eigenvalue weighted by Crippen LogP contribution is -2.30. The van der Waals surface area contributed by atoms with E-state index in [1.54, 1.807) is 20.8 Å². The molecule has 1 unspecified atom stereocenters. The van der Waals surface area contributed by atoms with Crippen molar-refractivity contribution in [3.8, 4) is 0 Å². The Morgan fingerprint density at radius 3 is 2.00 bits per heavy atom. The first-order valence-corrected chi connectivity index (χ1v) is 5.57. The van der Waals surface area contributed by atoms with Crippen LogP contribution in [0.1, 0.15) is 34.1 Å². The molecule has 0 saturated carbocycles. The van der Waals surface area contributed by atoms with Crippen LogP contribution in [0.2, 0.25) is 0 Å². The second-order valence-electron chi connectivity index (χ2n) is 3.24. The van der Waals surface area contributed by atoms with E-state index >= 15 is 0 Å². The predicted molar refractivity (Wildman–Crippen MR) is 47.0 cm³/mol. The molecule has 0 aromatic heterocycles. The van der Waals surface area contributed by atoms with Gasteiger partial charge in [0, 0.05) is 0 Å². The highest BCUT2D eigenvalue weighted by atomic mass is 31.2. The average Bonchev–Trinajstić information content (AvgIpc) is 1.83. The van der Waals surface area contributed by atoms with Crippen molar-refractivity contribution in [1.82, 2.24) is 0 Å². The second-order valence-corrected chi connectivity index (χ2v) is 5.27. The van der Waals surface area contributed by atoms with Crippen molar-refractivity contribution < 1.29 is 19.1 Å². The molecule has 0 aromatic carbocycles. The van der Waals surface area contributed by atoms with E-state index in [0.29, 0.717) is 6.42 Å². The Hall–Kier alpha value is 0.110. The van der Waals surface area contributed by atoms with Gasteiger partial charge in [-0.3, -0.25) is 4.57 Å². The molecular weight excluding hydrogens is 179 g/mol. The smallest absolute Gasteiger partial charge is 0.356 e. The lowest BCUT2D eigenvalue weighted by molar-refractivity contribution is -0.0296. The summed E-state index contributed by atoms with van der Waals surface area (Å²) in [6, 6.07) is 0. The molecule has 1 atom stereocenters. The van der Waals surface area contributed by atoms with E-state index in [1.807, 2.05) is 0 Å². The summed E-state index contributed by atoms with van der Waals surface area (Å²) in [7, 11) is -4.16. The minimum atomic E-state index is -4.16. The van der Waals surface area contributed by atoms with Crippen LogP contribution in [0.4, 0.5) is 0 Å². The molecular formula is C7H17O4P. The normalized spacial score (nSPS) is 17.9. The Kier molecular flexibility index (Phi) is 3.91. The van der Waals surface area contributed by atoms with Crippen LogP contribution in [0.25, 0.3) is 0 Å². The summed E-state index contributed by atoms with van der Waals surface area (Å²) >= 11 is 0. The molecule has 2 N–H and O–H groups in total. The van der Waals surface area contributed by atoms with Crippen molar-refractivity contribution in [3.05, 3.63) is 0 Å². The molecule has 0 bridgehead atoms. The van der Waals surface area contributed by atoms with Gasteiger partial charge in [0.05, 0.1) is 6.10 Å². The molecule has 0 heterocycles. The van der Waals surface area contributed by atoms with Crippen LogP contribution in [0, 0.1) is 0 Å². The fraction of sp³-hybridized carbons (Fsp3) is 1.00. The molecule has 0 amide bonds. The van der Waals surface area contributed by atoms with Crippen molar-refractivity contribution >= 4 is 7.60 Å². The number of hydrogen-bond acceptors (Lipinski definition) is 2. The van der Waals surface area contributed by atoms with Gasteiger partial charge < -0.3 is 14.5 Å². The summed E-state index contributed by atoms with van der Waals surface area (Å²) in [6.45, 7) is 6.64. The molecule has 0 aliphatic heterocycles. The fourth-order valence-electron chi connectivity index (χ4n) is 0.866. The van der Waals surface area contributed by atoms with Gasteiger partial charge in [-0.1, -0.05) is 6.92 Å². The van der Waals surface area contributed by atoms with E-state index in [1.165, 1.54) is 6.92 Å². The van der Waals surface area contributed by atoms with Gasteiger partial charge in [0.1, 0.15) is 0 Å². The van der Waals surface area contributed by atoms with Crippen LogP contribution >= 0.6 is 7.60 Å². The molecule has 74 valence electrons. The van der Waals surface area contributed by atoms with Crippen molar-refractivity contribution in [2.24, 2.45) is 0 Å². The minimum absolute atomic E-state index is 0.178. The van der Waals surface area contributed by atoms with Gasteiger partial charge in [-0.05, 0) is 27.2 Å². The first kappa shape index (κ1) is 12.1. The molecule has 12 heavy (non-hydrogen) atoms. The molecule has 0 aliphatic carbocycles. The Labute approximate surface area is 73.1 Å². The van der Waals surface area contributed by atoms with Crippen molar-refractivity contribution in [1.29, 1.82) is 0 Å². The molecule has 5 heteroatoms. The lowest BCUT2D eigenvalue weighted by atomic mass is 10.3. The summed E-state index contributed by atoms with van der Waals surface area (Å²) in [5, 5.41) is -1.33. The van der Waals surface area contributed by atoms with E-state index in [4.69, 9.17) is 14.5 Å². The summed E-state index contributed by atoms with van der Waals surface area (Å²) in [4.78, 5) is 17.9. The standard InChI is InChI=1S/C7H17O4P/c1-5-7(4,11-6(2)3)12(8,9)10/h6H,5H2,1-4H3,(H2,8,9,10).